The molecule has 8 nitrogen and oxygen atoms in total. The Morgan fingerprint density at radius 1 is 1.29 bits per heavy atom. The standard InChI is InChI=1S/C15H16BF3N2O6S.C10H20/c1-14(2)26-12-8(4-3-5-9(12)13(23)27-14)6-10(16(24)21-25)20-11(22)7-28-15(17,18)19;1-8(2)10-6-4-5-9(3)7-10/h3-5,10,24H,6-7H2,1-2H3,(H,20,22);8-10H,4-7H2,1-3H3. The van der Waals surface area contributed by atoms with Crippen LogP contribution in [0.3, 0.4) is 0 Å². The van der Waals surface area contributed by atoms with Crippen LogP contribution in [0.2, 0.25) is 0 Å². The molecular weight excluding hydrogens is 524 g/mol. The van der Waals surface area contributed by atoms with Crippen molar-refractivity contribution in [3.63, 3.8) is 0 Å². The van der Waals surface area contributed by atoms with Gasteiger partial charge in [0.25, 0.3) is 0 Å². The fourth-order valence-corrected chi connectivity index (χ4v) is 4.97. The highest BCUT2D eigenvalue weighted by atomic mass is 32.2. The number of cyclic esters (lactones) is 1. The molecule has 0 radical (unpaired) electrons. The van der Waals surface area contributed by atoms with E-state index in [9.17, 15) is 32.7 Å². The minimum Gasteiger partial charge on any atom is -0.452 e. The van der Waals surface area contributed by atoms with Crippen LogP contribution in [0.4, 0.5) is 13.2 Å². The van der Waals surface area contributed by atoms with Crippen molar-refractivity contribution in [2.75, 3.05) is 5.75 Å². The molecule has 1 aliphatic carbocycles. The number of benzene rings is 1. The number of thioether (sulfide) groups is 1. The highest BCUT2D eigenvalue weighted by Crippen LogP contribution is 2.35. The number of hydrogen-bond donors (Lipinski definition) is 2. The van der Waals surface area contributed by atoms with Crippen molar-refractivity contribution in [3.05, 3.63) is 34.2 Å². The summed E-state index contributed by atoms with van der Waals surface area (Å²) < 4.78 is 47.4. The summed E-state index contributed by atoms with van der Waals surface area (Å²) in [4.78, 5) is 34.6. The number of nitroso groups, excluding NO2 is 1. The van der Waals surface area contributed by atoms with Crippen molar-refractivity contribution in [2.45, 2.75) is 84.0 Å². The van der Waals surface area contributed by atoms with Gasteiger partial charge in [-0.2, -0.15) is 18.1 Å². The van der Waals surface area contributed by atoms with E-state index in [1.807, 2.05) is 0 Å². The fraction of sp³-hybridized carbons (Fsp3) is 0.680. The zero-order valence-corrected chi connectivity index (χ0v) is 23.2. The molecule has 3 atom stereocenters. The van der Waals surface area contributed by atoms with Gasteiger partial charge in [-0.3, -0.25) is 4.79 Å². The Morgan fingerprint density at radius 3 is 2.53 bits per heavy atom. The van der Waals surface area contributed by atoms with Crippen molar-refractivity contribution in [1.82, 2.24) is 5.32 Å². The van der Waals surface area contributed by atoms with E-state index in [4.69, 9.17) is 9.47 Å². The van der Waals surface area contributed by atoms with Gasteiger partial charge in [-0.25, -0.2) is 4.79 Å². The molecule has 0 saturated heterocycles. The first kappa shape index (κ1) is 31.9. The Kier molecular flexibility index (Phi) is 11.5. The third kappa shape index (κ3) is 10.1. The lowest BCUT2D eigenvalue weighted by Gasteiger charge is -2.33. The fourth-order valence-electron chi connectivity index (χ4n) is 4.60. The molecular formula is C25H36BF3N2O6S. The van der Waals surface area contributed by atoms with E-state index in [-0.39, 0.29) is 17.7 Å². The number of rotatable bonds is 8. The highest BCUT2D eigenvalue weighted by molar-refractivity contribution is 8.00. The molecule has 13 heteroatoms. The van der Waals surface area contributed by atoms with Gasteiger partial charge in [-0.1, -0.05) is 57.3 Å². The second-order valence-electron chi connectivity index (χ2n) is 10.6. The monoisotopic (exact) mass is 560 g/mol. The van der Waals surface area contributed by atoms with Crippen molar-refractivity contribution in [3.8, 4) is 5.75 Å². The van der Waals surface area contributed by atoms with Crippen LogP contribution in [0, 0.1) is 22.7 Å². The number of nitrogens with one attached hydrogen (secondary N) is 1. The zero-order chi connectivity index (χ0) is 28.7. The molecule has 3 unspecified atom stereocenters. The van der Waals surface area contributed by atoms with Gasteiger partial charge in [0.1, 0.15) is 11.3 Å². The summed E-state index contributed by atoms with van der Waals surface area (Å²) in [5.74, 6) is -2.16. The first-order chi connectivity index (χ1) is 17.6. The molecule has 1 aliphatic heterocycles. The zero-order valence-electron chi connectivity index (χ0n) is 22.3. The molecule has 212 valence electrons. The lowest BCUT2D eigenvalue weighted by molar-refractivity contribution is -0.128. The van der Waals surface area contributed by atoms with Crippen LogP contribution in [0.15, 0.2) is 23.3 Å². The van der Waals surface area contributed by atoms with E-state index in [0.717, 1.165) is 17.8 Å². The molecule has 3 rings (SSSR count). The van der Waals surface area contributed by atoms with Crippen LogP contribution in [0.25, 0.3) is 0 Å². The van der Waals surface area contributed by atoms with Crippen molar-refractivity contribution < 1.29 is 37.3 Å². The summed E-state index contributed by atoms with van der Waals surface area (Å²) in [6.07, 6.45) is 5.70. The average molecular weight is 560 g/mol. The Labute approximate surface area is 225 Å². The van der Waals surface area contributed by atoms with Crippen LogP contribution in [0.5, 0.6) is 5.75 Å². The molecule has 1 amide bonds. The van der Waals surface area contributed by atoms with Gasteiger partial charge in [-0.05, 0) is 54.0 Å². The normalized spacial score (nSPS) is 21.2. The number of alkyl halides is 3. The van der Waals surface area contributed by atoms with Crippen LogP contribution in [-0.4, -0.2) is 46.9 Å². The smallest absolute Gasteiger partial charge is 0.452 e. The molecule has 2 aliphatic rings. The number of ether oxygens (including phenoxy) is 2. The summed E-state index contributed by atoms with van der Waals surface area (Å²) >= 11 is -0.556. The molecule has 1 aromatic carbocycles. The van der Waals surface area contributed by atoms with Gasteiger partial charge < -0.3 is 19.8 Å². The number of halogens is 3. The Morgan fingerprint density at radius 2 is 1.97 bits per heavy atom. The predicted molar refractivity (Wildman–Crippen MR) is 140 cm³/mol. The summed E-state index contributed by atoms with van der Waals surface area (Å²) in [6, 6.07) is 4.46. The third-order valence-electron chi connectivity index (χ3n) is 6.54. The van der Waals surface area contributed by atoms with Gasteiger partial charge in [0.15, 0.2) is 0 Å². The van der Waals surface area contributed by atoms with E-state index in [2.05, 4.69) is 31.2 Å². The summed E-state index contributed by atoms with van der Waals surface area (Å²) in [5.41, 5.74) is -4.17. The van der Waals surface area contributed by atoms with Crippen molar-refractivity contribution in [2.24, 2.45) is 22.8 Å². The number of amides is 1. The maximum Gasteiger partial charge on any atom is 0.506 e. The molecule has 1 heterocycles. The summed E-state index contributed by atoms with van der Waals surface area (Å²) in [6.45, 7) is 10.1. The van der Waals surface area contributed by atoms with Crippen LogP contribution in [0.1, 0.15) is 76.2 Å². The van der Waals surface area contributed by atoms with E-state index >= 15 is 0 Å². The first-order valence-electron chi connectivity index (χ1n) is 12.7. The quantitative estimate of drug-likeness (QED) is 0.245. The Bertz CT molecular complexity index is 979. The number of fused-ring (bicyclic) bond motifs is 1. The maximum atomic E-state index is 12.2. The number of hydrogen-bond acceptors (Lipinski definition) is 8. The molecule has 2 N–H and O–H groups in total. The van der Waals surface area contributed by atoms with E-state index in [1.54, 1.807) is 0 Å². The lowest BCUT2D eigenvalue weighted by Crippen LogP contribution is -2.48. The highest BCUT2D eigenvalue weighted by Gasteiger charge is 2.37. The Hall–Kier alpha value is -2.28. The van der Waals surface area contributed by atoms with Crippen LogP contribution >= 0.6 is 11.8 Å². The molecule has 0 spiro atoms. The molecule has 1 saturated carbocycles. The van der Waals surface area contributed by atoms with Gasteiger partial charge >= 0.3 is 18.5 Å². The molecule has 1 fully saturated rings. The summed E-state index contributed by atoms with van der Waals surface area (Å²) in [7, 11) is -1.92. The van der Waals surface area contributed by atoms with Gasteiger partial charge in [0.05, 0.1) is 11.7 Å². The van der Waals surface area contributed by atoms with Gasteiger partial charge in [0, 0.05) is 13.8 Å². The second-order valence-corrected chi connectivity index (χ2v) is 11.6. The van der Waals surface area contributed by atoms with Crippen molar-refractivity contribution in [1.29, 1.82) is 0 Å². The number of nitrogens with zero attached hydrogens (tertiary/aromatic N) is 1. The van der Waals surface area contributed by atoms with E-state index in [1.165, 1.54) is 57.7 Å². The maximum absolute atomic E-state index is 12.2. The van der Waals surface area contributed by atoms with Crippen molar-refractivity contribution >= 4 is 30.7 Å². The first-order valence-corrected chi connectivity index (χ1v) is 13.6. The van der Waals surface area contributed by atoms with Crippen LogP contribution in [-0.2, 0) is 16.0 Å². The minimum atomic E-state index is -4.60. The minimum absolute atomic E-state index is 0.100. The molecule has 1 aromatic rings. The number of carbonyl (C=O) groups excluding carboxylic acids is 2. The second kappa shape index (κ2) is 13.7. The van der Waals surface area contributed by atoms with Gasteiger partial charge in [0.2, 0.25) is 11.7 Å². The van der Waals surface area contributed by atoms with Gasteiger partial charge in [-0.15, -0.1) is 0 Å². The number of esters is 1. The number of carbonyl (C=O) groups is 2. The number of para-hydroxylation sites is 1. The lowest BCUT2D eigenvalue weighted by atomic mass is 9.71. The van der Waals surface area contributed by atoms with E-state index in [0.29, 0.717) is 5.56 Å². The predicted octanol–water partition coefficient (Wildman–Crippen LogP) is 5.51. The SMILES string of the molecule is CC1(C)OC(=O)c2cccc(CC(NC(=O)CSC(F)(F)F)B(O)N=O)c2O1.CC1CCCC(C(C)C)C1. The van der Waals surface area contributed by atoms with E-state index < -0.39 is 53.7 Å². The Balaban J connectivity index is 0.000000423. The third-order valence-corrected chi connectivity index (χ3v) is 7.28. The molecule has 0 bridgehead atoms. The molecule has 0 aromatic heterocycles. The molecule has 38 heavy (non-hydrogen) atoms. The largest absolute Gasteiger partial charge is 0.506 e. The topological polar surface area (TPSA) is 114 Å². The average Bonchev–Trinajstić information content (AvgIpc) is 2.81. The summed E-state index contributed by atoms with van der Waals surface area (Å²) in [5, 5.41) is 14.3. The van der Waals surface area contributed by atoms with Crippen LogP contribution < -0.4 is 10.1 Å².